The monoisotopic (exact) mass is 467 g/mol. The number of nitrogens with zero attached hydrogens (tertiary/aromatic N) is 3. The molecule has 2 heterocycles. The van der Waals surface area contributed by atoms with Gasteiger partial charge in [-0.1, -0.05) is 29.0 Å². The molecular formula is C20H19ClFN3O3S2. The van der Waals surface area contributed by atoms with Gasteiger partial charge < -0.3 is 9.80 Å². The highest BCUT2D eigenvalue weighted by Gasteiger charge is 2.25. The minimum absolute atomic E-state index is 0.0241. The van der Waals surface area contributed by atoms with Gasteiger partial charge in [0.2, 0.25) is 5.91 Å². The second-order valence-electron chi connectivity index (χ2n) is 6.97. The molecule has 3 aromatic rings. The normalized spacial score (nSPS) is 15.0. The molecule has 2 aromatic carbocycles. The van der Waals surface area contributed by atoms with E-state index in [0.29, 0.717) is 31.2 Å². The average molecular weight is 468 g/mol. The van der Waals surface area contributed by atoms with E-state index in [0.717, 1.165) is 27.5 Å². The highest BCUT2D eigenvalue weighted by molar-refractivity contribution is 7.91. The van der Waals surface area contributed by atoms with Crippen molar-refractivity contribution in [2.75, 3.05) is 36.8 Å². The smallest absolute Gasteiger partial charge is 0.223 e. The van der Waals surface area contributed by atoms with E-state index in [9.17, 15) is 17.6 Å². The van der Waals surface area contributed by atoms with Crippen LogP contribution in [0.25, 0.3) is 10.2 Å². The first-order valence-electron chi connectivity index (χ1n) is 9.39. The van der Waals surface area contributed by atoms with Crippen LogP contribution in [0.2, 0.25) is 5.02 Å². The lowest BCUT2D eigenvalue weighted by Gasteiger charge is -2.34. The third-order valence-electron chi connectivity index (χ3n) is 5.02. The van der Waals surface area contributed by atoms with Crippen LogP contribution >= 0.6 is 22.9 Å². The van der Waals surface area contributed by atoms with Gasteiger partial charge >= 0.3 is 0 Å². The van der Waals surface area contributed by atoms with E-state index in [4.69, 9.17) is 11.6 Å². The molecule has 1 aliphatic rings. The number of aromatic nitrogens is 1. The van der Waals surface area contributed by atoms with Gasteiger partial charge in [0.05, 0.1) is 20.4 Å². The summed E-state index contributed by atoms with van der Waals surface area (Å²) in [5, 5.41) is 1.48. The number of amides is 1. The second kappa shape index (κ2) is 8.49. The van der Waals surface area contributed by atoms with Crippen molar-refractivity contribution < 1.29 is 17.6 Å². The van der Waals surface area contributed by atoms with Gasteiger partial charge in [0.15, 0.2) is 15.0 Å². The highest BCUT2D eigenvalue weighted by Crippen LogP contribution is 2.33. The van der Waals surface area contributed by atoms with E-state index < -0.39 is 15.7 Å². The molecule has 30 heavy (non-hydrogen) atoms. The van der Waals surface area contributed by atoms with Crippen molar-refractivity contribution >= 4 is 54.0 Å². The van der Waals surface area contributed by atoms with Crippen molar-refractivity contribution in [1.82, 2.24) is 9.88 Å². The molecule has 0 atom stereocenters. The maximum atomic E-state index is 13.0. The van der Waals surface area contributed by atoms with Gasteiger partial charge in [0, 0.05) is 32.6 Å². The fourth-order valence-corrected chi connectivity index (χ4v) is 5.87. The van der Waals surface area contributed by atoms with E-state index in [-0.39, 0.29) is 23.0 Å². The summed E-state index contributed by atoms with van der Waals surface area (Å²) in [6.07, 6.45) is -0.101. The minimum atomic E-state index is -3.63. The summed E-state index contributed by atoms with van der Waals surface area (Å²) in [6.45, 7) is 2.24. The van der Waals surface area contributed by atoms with E-state index in [1.54, 1.807) is 16.2 Å². The zero-order valence-electron chi connectivity index (χ0n) is 15.9. The van der Waals surface area contributed by atoms with Crippen LogP contribution < -0.4 is 4.90 Å². The molecule has 6 nitrogen and oxygen atoms in total. The summed E-state index contributed by atoms with van der Waals surface area (Å²) in [5.41, 5.74) is 0.781. The van der Waals surface area contributed by atoms with Gasteiger partial charge in [-0.05, 0) is 36.4 Å². The molecule has 0 saturated carbocycles. The summed E-state index contributed by atoms with van der Waals surface area (Å²) in [6, 6.07) is 10.3. The molecule has 0 bridgehead atoms. The van der Waals surface area contributed by atoms with Crippen molar-refractivity contribution in [2.24, 2.45) is 0 Å². The van der Waals surface area contributed by atoms with Crippen LogP contribution in [0.4, 0.5) is 9.52 Å². The number of fused-ring (bicyclic) bond motifs is 1. The van der Waals surface area contributed by atoms with Crippen LogP contribution in [0.5, 0.6) is 0 Å². The first kappa shape index (κ1) is 21.0. The Bertz CT molecular complexity index is 1170. The number of para-hydroxylation sites is 1. The van der Waals surface area contributed by atoms with Gasteiger partial charge in [-0.2, -0.15) is 0 Å². The van der Waals surface area contributed by atoms with Crippen molar-refractivity contribution in [3.8, 4) is 0 Å². The molecule has 10 heteroatoms. The third kappa shape index (κ3) is 4.43. The van der Waals surface area contributed by atoms with Crippen molar-refractivity contribution in [3.63, 3.8) is 0 Å². The maximum Gasteiger partial charge on any atom is 0.223 e. The molecule has 0 N–H and O–H groups in total. The SMILES string of the molecule is O=C(CCS(=O)(=O)c1ccc(F)cc1)N1CCN(c2nc3c(Cl)cccc3s2)CC1. The summed E-state index contributed by atoms with van der Waals surface area (Å²) in [4.78, 5) is 20.9. The van der Waals surface area contributed by atoms with Crippen molar-refractivity contribution in [3.05, 3.63) is 53.3 Å². The Morgan fingerprint density at radius 3 is 2.47 bits per heavy atom. The zero-order valence-corrected chi connectivity index (χ0v) is 18.3. The average Bonchev–Trinajstić information content (AvgIpc) is 3.18. The molecule has 1 fully saturated rings. The first-order valence-corrected chi connectivity index (χ1v) is 12.2. The summed E-state index contributed by atoms with van der Waals surface area (Å²) in [7, 11) is -3.63. The van der Waals surface area contributed by atoms with E-state index >= 15 is 0 Å². The molecule has 158 valence electrons. The number of hydrogen-bond acceptors (Lipinski definition) is 6. The Morgan fingerprint density at radius 1 is 1.10 bits per heavy atom. The Hall–Kier alpha value is -2.23. The quantitative estimate of drug-likeness (QED) is 0.536. The molecule has 0 aliphatic carbocycles. The number of piperazine rings is 1. The van der Waals surface area contributed by atoms with Crippen LogP contribution in [0.3, 0.4) is 0 Å². The largest absolute Gasteiger partial charge is 0.345 e. The Balaban J connectivity index is 1.33. The lowest BCUT2D eigenvalue weighted by atomic mass is 10.3. The first-order chi connectivity index (χ1) is 14.3. The fraction of sp³-hybridized carbons (Fsp3) is 0.300. The number of carbonyl (C=O) groups excluding carboxylic acids is 1. The predicted octanol–water partition coefficient (Wildman–Crippen LogP) is 3.60. The van der Waals surface area contributed by atoms with Crippen LogP contribution in [-0.2, 0) is 14.6 Å². The number of carbonyl (C=O) groups is 1. The molecule has 0 spiro atoms. The van der Waals surface area contributed by atoms with Crippen LogP contribution in [0.1, 0.15) is 6.42 Å². The lowest BCUT2D eigenvalue weighted by molar-refractivity contribution is -0.131. The molecular weight excluding hydrogens is 449 g/mol. The van der Waals surface area contributed by atoms with Crippen LogP contribution in [-0.4, -0.2) is 56.1 Å². The Labute approximate surface area is 182 Å². The van der Waals surface area contributed by atoms with Gasteiger partial charge in [-0.15, -0.1) is 0 Å². The Morgan fingerprint density at radius 2 is 1.80 bits per heavy atom. The molecule has 0 unspecified atom stereocenters. The number of rotatable bonds is 5. The Kier molecular flexibility index (Phi) is 5.95. The van der Waals surface area contributed by atoms with Gasteiger partial charge in [0.25, 0.3) is 0 Å². The molecule has 4 rings (SSSR count). The number of benzene rings is 2. The minimum Gasteiger partial charge on any atom is -0.345 e. The number of sulfone groups is 1. The van der Waals surface area contributed by atoms with E-state index in [2.05, 4.69) is 9.88 Å². The second-order valence-corrected chi connectivity index (χ2v) is 10.5. The molecule has 1 amide bonds. The van der Waals surface area contributed by atoms with Gasteiger partial charge in [-0.25, -0.2) is 17.8 Å². The maximum absolute atomic E-state index is 13.0. The third-order valence-corrected chi connectivity index (χ3v) is 8.14. The van der Waals surface area contributed by atoms with Crippen LogP contribution in [0.15, 0.2) is 47.4 Å². The molecule has 0 radical (unpaired) electrons. The molecule has 1 aromatic heterocycles. The number of hydrogen-bond donors (Lipinski definition) is 0. The summed E-state index contributed by atoms with van der Waals surface area (Å²) >= 11 is 7.76. The van der Waals surface area contributed by atoms with Crippen molar-refractivity contribution in [2.45, 2.75) is 11.3 Å². The van der Waals surface area contributed by atoms with Gasteiger partial charge in [-0.3, -0.25) is 4.79 Å². The standard InChI is InChI=1S/C20H19ClFN3O3S2/c21-16-2-1-3-17-19(16)23-20(29-17)25-11-9-24(10-12-25)18(26)8-13-30(27,28)15-6-4-14(22)5-7-15/h1-7H,8-13H2. The zero-order chi connectivity index (χ0) is 21.3. The highest BCUT2D eigenvalue weighted by atomic mass is 35.5. The van der Waals surface area contributed by atoms with Crippen molar-refractivity contribution in [1.29, 1.82) is 0 Å². The van der Waals surface area contributed by atoms with Gasteiger partial charge in [0.1, 0.15) is 11.3 Å². The van der Waals surface area contributed by atoms with Crippen LogP contribution in [0, 0.1) is 5.82 Å². The van der Waals surface area contributed by atoms with E-state index in [1.165, 1.54) is 12.1 Å². The topological polar surface area (TPSA) is 70.6 Å². The number of thiazole rings is 1. The van der Waals surface area contributed by atoms with E-state index in [1.807, 2.05) is 18.2 Å². The number of halogens is 2. The predicted molar refractivity (Wildman–Crippen MR) is 116 cm³/mol. The number of anilines is 1. The molecule has 1 aliphatic heterocycles. The molecule has 1 saturated heterocycles. The summed E-state index contributed by atoms with van der Waals surface area (Å²) < 4.78 is 38.7. The fourth-order valence-electron chi connectivity index (χ4n) is 3.33. The lowest BCUT2D eigenvalue weighted by Crippen LogP contribution is -2.49. The summed E-state index contributed by atoms with van der Waals surface area (Å²) in [5.74, 6) is -1.00.